The van der Waals surface area contributed by atoms with Gasteiger partial charge in [0.15, 0.2) is 0 Å². The molecular weight excluding hydrogens is 267 g/mol. The molecule has 0 radical (unpaired) electrons. The molecule has 0 atom stereocenters. The summed E-state index contributed by atoms with van der Waals surface area (Å²) >= 11 is 0. The minimum atomic E-state index is -4.64. The topological polar surface area (TPSA) is 313 Å². The van der Waals surface area contributed by atoms with Gasteiger partial charge in [-0.15, -0.1) is 0 Å². The molecule has 0 aromatic rings. The lowest BCUT2D eigenvalue weighted by Gasteiger charge is -1.82. The molecule has 0 spiro atoms. The minimum Gasteiger partial charge on any atom is -0.481 e. The maximum Gasteiger partial charge on any atom is 0.503 e. The number of carboxylic acids is 1. The Balaban J connectivity index is -0.0000000159. The fourth-order valence-corrected chi connectivity index (χ4v) is 0. The molecule has 18 N–H and O–H groups in total. The molecule has 0 aliphatic carbocycles. The van der Waals surface area contributed by atoms with Gasteiger partial charge in [0.25, 0.3) is 5.97 Å². The molecule has 0 fully saturated rings. The third kappa shape index (κ3) is 1380. The van der Waals surface area contributed by atoms with Gasteiger partial charge in [0.2, 0.25) is 0 Å². The first-order valence-corrected chi connectivity index (χ1v) is 3.93. The summed E-state index contributed by atoms with van der Waals surface area (Å²) in [5, 5.41) is 21.4. The normalized spacial score (nSPS) is 6.35. The van der Waals surface area contributed by atoms with Crippen molar-refractivity contribution in [2.45, 2.75) is 6.92 Å². The highest BCUT2D eigenvalue weighted by atomic mass is 31.2. The monoisotopic (exact) mass is 288 g/mol. The second-order valence-electron chi connectivity index (χ2n) is 1.31. The largest absolute Gasteiger partial charge is 0.503 e. The maximum absolute atomic E-state index is 9.00. The molecule has 0 aliphatic rings. The molecule has 0 aliphatic heterocycles. The highest BCUT2D eigenvalue weighted by Gasteiger charge is 2.00. The number of hydrogen-bond acceptors (Lipinski definition) is 7. The van der Waals surface area contributed by atoms with Crippen molar-refractivity contribution in [1.29, 1.82) is 0 Å². The molecule has 0 heterocycles. The van der Waals surface area contributed by atoms with E-state index in [0.717, 1.165) is 6.92 Å². The summed E-state index contributed by atoms with van der Waals surface area (Å²) in [5.41, 5.74) is 0. The summed E-state index contributed by atoms with van der Waals surface area (Å²) in [4.78, 5) is 39.1. The fraction of sp³-hybridized carbons (Fsp3) is 0.333. The lowest BCUT2D eigenvalue weighted by Crippen LogP contribution is -1.81. The van der Waals surface area contributed by atoms with E-state index in [0.29, 0.717) is 0 Å². The van der Waals surface area contributed by atoms with Crippen molar-refractivity contribution >= 4 is 19.9 Å². The lowest BCUT2D eigenvalue weighted by molar-refractivity contribution is -0.134. The Morgan fingerprint density at radius 3 is 0.824 bits per heavy atom. The predicted octanol–water partition coefficient (Wildman–Crippen LogP) is 0.0327. The van der Waals surface area contributed by atoms with E-state index in [1.807, 2.05) is 0 Å². The number of aliphatic carboxylic acids is 1. The molecule has 112 valence electrons. The standard InChI is InChI=1S/C2H4O2.CH2O3.4H3N.H3O4P/c1-2(3)4;2-1(3)4;;;;;1-5(2,3)4/h1H3,(H,3,4);(H2,2,3,4);4*1H3;(H3,1,2,3,4). The Morgan fingerprint density at radius 2 is 0.824 bits per heavy atom. The van der Waals surface area contributed by atoms with Crippen molar-refractivity contribution in [2.75, 3.05) is 0 Å². The fourth-order valence-electron chi connectivity index (χ4n) is 0. The van der Waals surface area contributed by atoms with Gasteiger partial charge < -0.3 is 54.6 Å². The number of rotatable bonds is 0. The zero-order valence-electron chi connectivity index (χ0n) is 9.18. The number of hydrogen-bond donors (Lipinski definition) is 10. The van der Waals surface area contributed by atoms with Crippen LogP contribution >= 0.6 is 7.82 Å². The van der Waals surface area contributed by atoms with Gasteiger partial charge >= 0.3 is 14.0 Å². The van der Waals surface area contributed by atoms with Crippen molar-refractivity contribution in [3.8, 4) is 0 Å². The molecule has 13 nitrogen and oxygen atoms in total. The van der Waals surface area contributed by atoms with Crippen LogP contribution in [0.2, 0.25) is 0 Å². The van der Waals surface area contributed by atoms with E-state index < -0.39 is 19.9 Å². The van der Waals surface area contributed by atoms with Gasteiger partial charge in [0, 0.05) is 6.92 Å². The second-order valence-corrected chi connectivity index (χ2v) is 2.34. The summed E-state index contributed by atoms with van der Waals surface area (Å²) < 4.78 is 8.88. The molecule has 17 heavy (non-hydrogen) atoms. The van der Waals surface area contributed by atoms with Crippen LogP contribution in [0, 0.1) is 0 Å². The average molecular weight is 288 g/mol. The highest BCUT2D eigenvalue weighted by Crippen LogP contribution is 2.25. The highest BCUT2D eigenvalue weighted by molar-refractivity contribution is 7.45. The summed E-state index contributed by atoms with van der Waals surface area (Å²) in [7, 11) is -4.64. The van der Waals surface area contributed by atoms with Crippen molar-refractivity contribution < 1.29 is 44.2 Å². The van der Waals surface area contributed by atoms with E-state index in [1.54, 1.807) is 0 Å². The second kappa shape index (κ2) is 24.1. The van der Waals surface area contributed by atoms with Crippen LogP contribution in [0.25, 0.3) is 0 Å². The van der Waals surface area contributed by atoms with Gasteiger partial charge in [-0.05, 0) is 0 Å². The molecule has 0 rings (SSSR count). The van der Waals surface area contributed by atoms with Crippen LogP contribution in [0.4, 0.5) is 4.79 Å². The van der Waals surface area contributed by atoms with Crippen molar-refractivity contribution in [3.63, 3.8) is 0 Å². The van der Waals surface area contributed by atoms with Crippen molar-refractivity contribution in [3.05, 3.63) is 0 Å². The van der Waals surface area contributed by atoms with Crippen LogP contribution in [-0.2, 0) is 9.36 Å². The van der Waals surface area contributed by atoms with Gasteiger partial charge in [-0.1, -0.05) is 0 Å². The van der Waals surface area contributed by atoms with Gasteiger partial charge in [0.1, 0.15) is 0 Å². The Kier molecular flexibility index (Phi) is 63.5. The molecule has 0 aromatic carbocycles. The Hall–Kier alpha value is -1.31. The molecule has 0 saturated carbocycles. The summed E-state index contributed by atoms with van der Waals surface area (Å²) in [5.74, 6) is -0.833. The molecule has 0 aromatic heterocycles. The first-order valence-electron chi connectivity index (χ1n) is 2.36. The van der Waals surface area contributed by atoms with Gasteiger partial charge in [-0.25, -0.2) is 9.36 Å². The molecule has 14 heteroatoms. The minimum absolute atomic E-state index is 0. The SMILES string of the molecule is CC(=O)O.N.N.N.N.O=C(O)O.O=P(O)(O)O. The van der Waals surface area contributed by atoms with Crippen molar-refractivity contribution in [1.82, 2.24) is 24.6 Å². The summed E-state index contributed by atoms with van der Waals surface area (Å²) in [6.45, 7) is 1.08. The Morgan fingerprint density at radius 1 is 0.824 bits per heavy atom. The van der Waals surface area contributed by atoms with Gasteiger partial charge in [-0.2, -0.15) is 0 Å². The third-order valence-electron chi connectivity index (χ3n) is 0. The average Bonchev–Trinajstić information content (AvgIpc) is 1.50. The Labute approximate surface area is 96.7 Å². The van der Waals surface area contributed by atoms with Crippen LogP contribution < -0.4 is 24.6 Å². The maximum atomic E-state index is 9.00. The third-order valence-corrected chi connectivity index (χ3v) is 0. The van der Waals surface area contributed by atoms with Crippen molar-refractivity contribution in [2.24, 2.45) is 0 Å². The molecule has 0 unspecified atom stereocenters. The molecule has 0 bridgehead atoms. The van der Waals surface area contributed by atoms with Gasteiger partial charge in [0.05, 0.1) is 0 Å². The quantitative estimate of drug-likeness (QED) is 0.263. The van der Waals surface area contributed by atoms with E-state index in [4.69, 9.17) is 44.2 Å². The molecule has 0 amide bonds. The van der Waals surface area contributed by atoms with Gasteiger partial charge in [-0.3, -0.25) is 4.79 Å². The van der Waals surface area contributed by atoms with E-state index in [1.165, 1.54) is 0 Å². The summed E-state index contributed by atoms with van der Waals surface area (Å²) in [6.07, 6.45) is -1.83. The first kappa shape index (κ1) is 44.8. The molecular formula is C3H21N4O9P. The number of carbonyl (C=O) groups is 2. The summed E-state index contributed by atoms with van der Waals surface area (Å²) in [6, 6.07) is 0. The van der Waals surface area contributed by atoms with Crippen LogP contribution in [0.15, 0.2) is 0 Å². The zero-order chi connectivity index (χ0) is 11.7. The smallest absolute Gasteiger partial charge is 0.481 e. The van der Waals surface area contributed by atoms with E-state index in [9.17, 15) is 0 Å². The van der Waals surface area contributed by atoms with E-state index in [-0.39, 0.29) is 24.6 Å². The van der Waals surface area contributed by atoms with Crippen LogP contribution in [0.1, 0.15) is 6.92 Å². The van der Waals surface area contributed by atoms with Crippen LogP contribution in [0.3, 0.4) is 0 Å². The van der Waals surface area contributed by atoms with Crippen LogP contribution in [0.5, 0.6) is 0 Å². The Bertz CT molecular complexity index is 176. The lowest BCUT2D eigenvalue weighted by atomic mass is 10.9. The predicted molar refractivity (Wildman–Crippen MR) is 58.3 cm³/mol. The number of carboxylic acid groups (broad SMARTS) is 3. The van der Waals surface area contributed by atoms with E-state index >= 15 is 0 Å². The van der Waals surface area contributed by atoms with Crippen LogP contribution in [-0.4, -0.2) is 42.1 Å². The van der Waals surface area contributed by atoms with E-state index in [2.05, 4.69) is 0 Å². The first-order chi connectivity index (χ1) is 5.46. The number of phosphoric acid groups is 1. The zero-order valence-corrected chi connectivity index (χ0v) is 10.1. The molecule has 0 saturated heterocycles.